The molecular formula is C96H62N2. The SMILES string of the molecule is c1ccc(-c2ccccc2-c2c3ccccc3c(-c3ccc(-n4c5ccccc5c5ccccc54)cc3)c3ccccc23)cc1.c1ccc2cc(-c3c4ccccc4c(-c4ccc(-n5c6ccccc6c6cc(-c7cccc8ccccc78)ccc65)cc4)c4ccccc34)ccc2c1. The molecule has 0 radical (unpaired) electrons. The summed E-state index contributed by atoms with van der Waals surface area (Å²) in [6, 6.07) is 137. The van der Waals surface area contributed by atoms with Crippen molar-refractivity contribution in [1.29, 1.82) is 0 Å². The summed E-state index contributed by atoms with van der Waals surface area (Å²) in [7, 11) is 0. The molecule has 0 aliphatic rings. The van der Waals surface area contributed by atoms with Crippen LogP contribution in [0, 0.1) is 0 Å². The quantitative estimate of drug-likeness (QED) is 0.134. The van der Waals surface area contributed by atoms with Gasteiger partial charge in [-0.05, 0) is 192 Å². The number of benzene rings is 18. The molecule has 0 atom stereocenters. The van der Waals surface area contributed by atoms with Gasteiger partial charge in [-0.15, -0.1) is 0 Å². The van der Waals surface area contributed by atoms with Crippen molar-refractivity contribution in [3.05, 3.63) is 376 Å². The Morgan fingerprint density at radius 3 is 0.990 bits per heavy atom. The number of aromatic nitrogens is 2. The Morgan fingerprint density at radius 2 is 0.480 bits per heavy atom. The van der Waals surface area contributed by atoms with Gasteiger partial charge in [0, 0.05) is 32.9 Å². The van der Waals surface area contributed by atoms with Crippen molar-refractivity contribution < 1.29 is 0 Å². The summed E-state index contributed by atoms with van der Waals surface area (Å²) >= 11 is 0. The van der Waals surface area contributed by atoms with Gasteiger partial charge in [-0.2, -0.15) is 0 Å². The molecule has 20 aromatic rings. The van der Waals surface area contributed by atoms with E-state index in [1.54, 1.807) is 0 Å². The molecule has 456 valence electrons. The molecular weight excluding hydrogens is 1180 g/mol. The van der Waals surface area contributed by atoms with E-state index in [0.717, 1.165) is 11.4 Å². The fraction of sp³-hybridized carbons (Fsp3) is 0. The van der Waals surface area contributed by atoms with Crippen LogP contribution in [0.1, 0.15) is 0 Å². The molecule has 2 heterocycles. The molecule has 0 amide bonds. The fourth-order valence-corrected chi connectivity index (χ4v) is 16.0. The van der Waals surface area contributed by atoms with Gasteiger partial charge in [0.1, 0.15) is 0 Å². The molecule has 2 aromatic heterocycles. The van der Waals surface area contributed by atoms with Gasteiger partial charge >= 0.3 is 0 Å². The monoisotopic (exact) mass is 1240 g/mol. The van der Waals surface area contributed by atoms with E-state index >= 15 is 0 Å². The van der Waals surface area contributed by atoms with Crippen molar-refractivity contribution in [3.63, 3.8) is 0 Å². The smallest absolute Gasteiger partial charge is 0.0541 e. The lowest BCUT2D eigenvalue weighted by atomic mass is 9.84. The van der Waals surface area contributed by atoms with Crippen molar-refractivity contribution in [1.82, 2.24) is 9.13 Å². The van der Waals surface area contributed by atoms with Gasteiger partial charge in [0.15, 0.2) is 0 Å². The summed E-state index contributed by atoms with van der Waals surface area (Å²) in [5.41, 5.74) is 22.2. The van der Waals surface area contributed by atoms with E-state index in [0.29, 0.717) is 0 Å². The van der Waals surface area contributed by atoms with Crippen molar-refractivity contribution in [2.45, 2.75) is 0 Å². The molecule has 0 fully saturated rings. The minimum absolute atomic E-state index is 1.15. The molecule has 18 aromatic carbocycles. The van der Waals surface area contributed by atoms with Crippen LogP contribution in [0.4, 0.5) is 0 Å². The Balaban J connectivity index is 0.000000139. The summed E-state index contributed by atoms with van der Waals surface area (Å²) in [6.07, 6.45) is 0. The van der Waals surface area contributed by atoms with Gasteiger partial charge in [-0.3, -0.25) is 0 Å². The number of nitrogens with zero attached hydrogens (tertiary/aromatic N) is 2. The van der Waals surface area contributed by atoms with E-state index in [9.17, 15) is 0 Å². The third kappa shape index (κ3) is 9.33. The maximum absolute atomic E-state index is 2.42. The molecule has 0 aliphatic heterocycles. The summed E-state index contributed by atoms with van der Waals surface area (Å²) in [5.74, 6) is 0. The molecule has 0 spiro atoms. The number of rotatable bonds is 8. The standard InChI is InChI=1S/C52H33N.C44H29N/c1-2-14-37-32-39(25-24-34(37)12-1)52-46-20-7-5-18-44(46)51(45-19-6-8-21-47(45)52)36-26-29-40(30-27-36)53-49-23-10-9-17-43(49)48-33-38(28-31-50(48)53)42-22-11-15-35-13-3-4-16-41(35)42;1-2-14-30(15-3-1)33-16-4-5-19-36(33)44-39-22-8-6-20-37(39)43(38-21-7-9-23-40(38)44)31-26-28-32(29-27-31)45-41-24-12-10-17-34(41)35-18-11-13-25-42(35)45/h1-33H;1-29H. The highest BCUT2D eigenvalue weighted by Gasteiger charge is 2.22. The highest BCUT2D eigenvalue weighted by molar-refractivity contribution is 6.24. The zero-order valence-electron chi connectivity index (χ0n) is 53.7. The second-order valence-corrected chi connectivity index (χ2v) is 25.7. The largest absolute Gasteiger partial charge is 0.309 e. The maximum Gasteiger partial charge on any atom is 0.0541 e. The molecule has 2 nitrogen and oxygen atoms in total. The topological polar surface area (TPSA) is 9.86 Å². The van der Waals surface area contributed by atoms with Gasteiger partial charge in [0.25, 0.3) is 0 Å². The van der Waals surface area contributed by atoms with Crippen molar-refractivity contribution >= 4 is 108 Å². The normalized spacial score (nSPS) is 11.7. The van der Waals surface area contributed by atoms with Crippen molar-refractivity contribution in [3.8, 4) is 78.1 Å². The molecule has 98 heavy (non-hydrogen) atoms. The van der Waals surface area contributed by atoms with Gasteiger partial charge in [-0.1, -0.05) is 315 Å². The first-order chi connectivity index (χ1) is 48.7. The lowest BCUT2D eigenvalue weighted by molar-refractivity contribution is 1.18. The van der Waals surface area contributed by atoms with E-state index in [-0.39, 0.29) is 0 Å². The number of fused-ring (bicyclic) bond motifs is 12. The zero-order valence-corrected chi connectivity index (χ0v) is 53.7. The minimum Gasteiger partial charge on any atom is -0.309 e. The van der Waals surface area contributed by atoms with Crippen molar-refractivity contribution in [2.75, 3.05) is 0 Å². The Bertz CT molecular complexity index is 6350. The highest BCUT2D eigenvalue weighted by Crippen LogP contribution is 2.48. The lowest BCUT2D eigenvalue weighted by Gasteiger charge is -2.20. The van der Waals surface area contributed by atoms with Gasteiger partial charge in [-0.25, -0.2) is 0 Å². The Morgan fingerprint density at radius 1 is 0.143 bits per heavy atom. The summed E-state index contributed by atoms with van der Waals surface area (Å²) in [4.78, 5) is 0. The Kier molecular flexibility index (Phi) is 13.6. The predicted octanol–water partition coefficient (Wildman–Crippen LogP) is 26.5. The second-order valence-electron chi connectivity index (χ2n) is 25.7. The number of hydrogen-bond acceptors (Lipinski definition) is 0. The van der Waals surface area contributed by atoms with Crippen LogP contribution in [0.2, 0.25) is 0 Å². The summed E-state index contributed by atoms with van der Waals surface area (Å²) < 4.78 is 4.80. The molecule has 0 saturated heterocycles. The Hall–Kier alpha value is -12.9. The average molecular weight is 1240 g/mol. The van der Waals surface area contributed by atoms with E-state index < -0.39 is 0 Å². The number of para-hydroxylation sites is 3. The molecule has 0 bridgehead atoms. The summed E-state index contributed by atoms with van der Waals surface area (Å²) in [5, 5.41) is 20.2. The van der Waals surface area contributed by atoms with Crippen molar-refractivity contribution in [2.24, 2.45) is 0 Å². The molecule has 0 unspecified atom stereocenters. The zero-order chi connectivity index (χ0) is 64.6. The third-order valence-corrected chi connectivity index (χ3v) is 20.4. The molecule has 0 aliphatic carbocycles. The van der Waals surface area contributed by atoms with Gasteiger partial charge in [0.2, 0.25) is 0 Å². The first-order valence-electron chi connectivity index (χ1n) is 33.9. The van der Waals surface area contributed by atoms with Crippen LogP contribution in [0.15, 0.2) is 376 Å². The molecule has 20 rings (SSSR count). The lowest BCUT2D eigenvalue weighted by Crippen LogP contribution is -1.95. The average Bonchev–Trinajstić information content (AvgIpc) is 0.879. The molecule has 2 heteroatoms. The van der Waals surface area contributed by atoms with Gasteiger partial charge in [0.05, 0.1) is 22.1 Å². The predicted molar refractivity (Wildman–Crippen MR) is 419 cm³/mol. The summed E-state index contributed by atoms with van der Waals surface area (Å²) in [6.45, 7) is 0. The highest BCUT2D eigenvalue weighted by atomic mass is 15.0. The van der Waals surface area contributed by atoms with Crippen LogP contribution < -0.4 is 0 Å². The first kappa shape index (κ1) is 56.6. The fourth-order valence-electron chi connectivity index (χ4n) is 16.0. The van der Waals surface area contributed by atoms with Gasteiger partial charge < -0.3 is 9.13 Å². The van der Waals surface area contributed by atoms with E-state index in [1.807, 2.05) is 0 Å². The van der Waals surface area contributed by atoms with E-state index in [1.165, 1.54) is 175 Å². The van der Waals surface area contributed by atoms with Crippen LogP contribution in [0.5, 0.6) is 0 Å². The third-order valence-electron chi connectivity index (χ3n) is 20.4. The minimum atomic E-state index is 1.15. The second kappa shape index (κ2) is 23.5. The van der Waals surface area contributed by atoms with Crippen LogP contribution in [0.25, 0.3) is 186 Å². The van der Waals surface area contributed by atoms with Crippen LogP contribution >= 0.6 is 0 Å². The Labute approximate surface area is 568 Å². The molecule has 0 N–H and O–H groups in total. The first-order valence-corrected chi connectivity index (χ1v) is 33.9. The van der Waals surface area contributed by atoms with E-state index in [4.69, 9.17) is 0 Å². The molecule has 0 saturated carbocycles. The van der Waals surface area contributed by atoms with Crippen LogP contribution in [-0.2, 0) is 0 Å². The number of hydrogen-bond donors (Lipinski definition) is 0. The maximum atomic E-state index is 2.42. The van der Waals surface area contributed by atoms with Crippen LogP contribution in [0.3, 0.4) is 0 Å². The van der Waals surface area contributed by atoms with Crippen LogP contribution in [-0.4, -0.2) is 9.13 Å². The van der Waals surface area contributed by atoms with E-state index in [2.05, 4.69) is 385 Å².